The minimum absolute atomic E-state index is 0. The van der Waals surface area contributed by atoms with Crippen LogP contribution in [0.2, 0.25) is 0 Å². The van der Waals surface area contributed by atoms with E-state index in [-0.39, 0.29) is 41.2 Å². The van der Waals surface area contributed by atoms with Gasteiger partial charge in [-0.25, -0.2) is 9.59 Å². The van der Waals surface area contributed by atoms with Crippen molar-refractivity contribution in [1.82, 2.24) is 24.7 Å². The van der Waals surface area contributed by atoms with Crippen LogP contribution >= 0.6 is 12.4 Å². The molecule has 6 N–H and O–H groups in total. The average molecular weight is 573 g/mol. The molecule has 1 aromatic heterocycles. The highest BCUT2D eigenvalue weighted by molar-refractivity contribution is 5.89. The first-order chi connectivity index (χ1) is 18.5. The van der Waals surface area contributed by atoms with Crippen LogP contribution in [0.25, 0.3) is 5.69 Å². The number of piperazine rings is 1. The van der Waals surface area contributed by atoms with Crippen LogP contribution < -0.4 is 27.8 Å². The molecule has 0 atom stereocenters. The van der Waals surface area contributed by atoms with E-state index in [1.807, 2.05) is 24.3 Å². The highest BCUT2D eigenvalue weighted by Gasteiger charge is 2.46. The molecule has 3 saturated carbocycles. The number of halogens is 1. The molecule has 0 radical (unpaired) electrons. The Labute approximate surface area is 241 Å². The lowest BCUT2D eigenvalue weighted by molar-refractivity contribution is -0.137. The second-order valence-electron chi connectivity index (χ2n) is 12.1. The smallest absolute Gasteiger partial charge is 0.338 e. The number of carbonyl (C=O) groups is 2. The molecule has 3 aliphatic carbocycles. The van der Waals surface area contributed by atoms with Gasteiger partial charge in [-0.15, -0.1) is 12.4 Å². The SMILES string of the molecule is CC(C)(N)C(=O)N1CCN(C(=O)Nc2ccn(-c3ccc(CNC45CCC(N)(CC4)CC5)cc3)c(=O)n2)CC1.Cl. The van der Waals surface area contributed by atoms with Crippen LogP contribution in [-0.2, 0) is 11.3 Å². The molecule has 1 aromatic carbocycles. The fourth-order valence-electron chi connectivity index (χ4n) is 5.92. The second kappa shape index (κ2) is 11.5. The summed E-state index contributed by atoms with van der Waals surface area (Å²) in [5.41, 5.74) is 13.1. The Bertz CT molecular complexity index is 1260. The Hall–Kier alpha value is -2.99. The normalized spacial score (nSPS) is 24.4. The van der Waals surface area contributed by atoms with Gasteiger partial charge in [0.2, 0.25) is 5.91 Å². The molecule has 218 valence electrons. The fourth-order valence-corrected chi connectivity index (χ4v) is 5.92. The van der Waals surface area contributed by atoms with Gasteiger partial charge in [0, 0.05) is 50.0 Å². The minimum atomic E-state index is -0.946. The van der Waals surface area contributed by atoms with Crippen LogP contribution in [0, 0.1) is 0 Å². The number of aromatic nitrogens is 2. The third kappa shape index (κ3) is 6.49. The number of anilines is 1. The number of rotatable bonds is 6. The maximum Gasteiger partial charge on any atom is 0.354 e. The van der Waals surface area contributed by atoms with E-state index in [1.54, 1.807) is 35.9 Å². The van der Waals surface area contributed by atoms with Gasteiger partial charge in [0.25, 0.3) is 0 Å². The van der Waals surface area contributed by atoms with Gasteiger partial charge in [0.15, 0.2) is 0 Å². The lowest BCUT2D eigenvalue weighted by atomic mass is 9.62. The van der Waals surface area contributed by atoms with Crippen molar-refractivity contribution in [3.63, 3.8) is 0 Å². The molecule has 2 aromatic rings. The van der Waals surface area contributed by atoms with E-state index in [0.29, 0.717) is 31.9 Å². The van der Waals surface area contributed by atoms with Crippen LogP contribution in [0.4, 0.5) is 10.6 Å². The number of nitrogens with zero attached hydrogens (tertiary/aromatic N) is 4. The van der Waals surface area contributed by atoms with Gasteiger partial charge in [-0.05, 0) is 76.1 Å². The van der Waals surface area contributed by atoms with Crippen molar-refractivity contribution >= 4 is 30.2 Å². The van der Waals surface area contributed by atoms with E-state index >= 15 is 0 Å². The van der Waals surface area contributed by atoms with E-state index < -0.39 is 11.2 Å². The van der Waals surface area contributed by atoms with Crippen molar-refractivity contribution in [1.29, 1.82) is 0 Å². The van der Waals surface area contributed by atoms with Gasteiger partial charge in [-0.2, -0.15) is 4.98 Å². The Balaban J connectivity index is 0.00000370. The summed E-state index contributed by atoms with van der Waals surface area (Å²) in [7, 11) is 0. The quantitative estimate of drug-likeness (QED) is 0.413. The van der Waals surface area contributed by atoms with Crippen LogP contribution in [0.3, 0.4) is 0 Å². The molecule has 40 heavy (non-hydrogen) atoms. The molecular formula is C28H41ClN8O3. The number of benzene rings is 1. The van der Waals surface area contributed by atoms with E-state index in [9.17, 15) is 14.4 Å². The number of hydrogen-bond acceptors (Lipinski definition) is 7. The standard InChI is InChI=1S/C28H40N8O3.ClH/c1-26(2,29)23(37)34-15-17-35(18-16-34)24(38)32-22-7-14-36(25(39)33-22)21-5-3-20(4-6-21)19-31-28-11-8-27(30,9-12-28)10-13-28;/h3-7,14,31H,8-13,15-19,29-30H2,1-2H3,(H,32,33,38,39);1H. The zero-order valence-corrected chi connectivity index (χ0v) is 24.1. The van der Waals surface area contributed by atoms with Crippen molar-refractivity contribution in [2.75, 3.05) is 31.5 Å². The summed E-state index contributed by atoms with van der Waals surface area (Å²) in [6.07, 6.45) is 8.29. The van der Waals surface area contributed by atoms with Gasteiger partial charge in [-0.1, -0.05) is 12.1 Å². The van der Waals surface area contributed by atoms with Crippen molar-refractivity contribution < 1.29 is 9.59 Å². The van der Waals surface area contributed by atoms with Crippen LogP contribution in [0.1, 0.15) is 57.9 Å². The molecule has 6 rings (SSSR count). The number of nitrogens with one attached hydrogen (secondary N) is 2. The maximum atomic E-state index is 12.7. The van der Waals surface area contributed by atoms with Crippen molar-refractivity contribution in [2.24, 2.45) is 11.5 Å². The van der Waals surface area contributed by atoms with Gasteiger partial charge in [-0.3, -0.25) is 14.7 Å². The summed E-state index contributed by atoms with van der Waals surface area (Å²) in [5, 5.41) is 6.48. The van der Waals surface area contributed by atoms with Crippen LogP contribution in [-0.4, -0.2) is 74.1 Å². The zero-order chi connectivity index (χ0) is 27.8. The first kappa shape index (κ1) is 30.0. The number of nitrogens with two attached hydrogens (primary N) is 2. The zero-order valence-electron chi connectivity index (χ0n) is 23.3. The molecule has 3 amide bonds. The lowest BCUT2D eigenvalue weighted by Gasteiger charge is -2.52. The van der Waals surface area contributed by atoms with Gasteiger partial charge >= 0.3 is 11.7 Å². The maximum absolute atomic E-state index is 12.7. The molecule has 2 heterocycles. The predicted molar refractivity (Wildman–Crippen MR) is 157 cm³/mol. The Morgan fingerprint density at radius 2 is 1.52 bits per heavy atom. The summed E-state index contributed by atoms with van der Waals surface area (Å²) in [6, 6.07) is 9.11. The summed E-state index contributed by atoms with van der Waals surface area (Å²) in [4.78, 5) is 45.1. The molecular weight excluding hydrogens is 532 g/mol. The molecule has 0 spiro atoms. The number of fused-ring (bicyclic) bond motifs is 3. The highest BCUT2D eigenvalue weighted by atomic mass is 35.5. The Kier molecular flexibility index (Phi) is 8.60. The van der Waals surface area contributed by atoms with Crippen molar-refractivity contribution in [3.8, 4) is 5.69 Å². The number of hydrogen-bond donors (Lipinski definition) is 4. The molecule has 11 nitrogen and oxygen atoms in total. The van der Waals surface area contributed by atoms with Crippen molar-refractivity contribution in [2.45, 2.75) is 75.5 Å². The van der Waals surface area contributed by atoms with Crippen molar-refractivity contribution in [3.05, 3.63) is 52.6 Å². The summed E-state index contributed by atoms with van der Waals surface area (Å²) >= 11 is 0. The average Bonchev–Trinajstić information content (AvgIpc) is 2.92. The fraction of sp³-hybridized carbons (Fsp3) is 0.571. The van der Waals surface area contributed by atoms with E-state index in [1.165, 1.54) is 4.57 Å². The Morgan fingerprint density at radius 3 is 2.08 bits per heavy atom. The highest BCUT2D eigenvalue weighted by Crippen LogP contribution is 2.45. The summed E-state index contributed by atoms with van der Waals surface area (Å²) in [6.45, 7) is 5.69. The summed E-state index contributed by atoms with van der Waals surface area (Å²) in [5.74, 6) is 0.0439. The minimum Gasteiger partial charge on any atom is -0.338 e. The number of carbonyl (C=O) groups excluding carboxylic acids is 2. The van der Waals surface area contributed by atoms with Crippen LogP contribution in [0.5, 0.6) is 0 Å². The molecule has 4 fully saturated rings. The molecule has 1 aliphatic heterocycles. The van der Waals surface area contributed by atoms with E-state index in [4.69, 9.17) is 11.5 Å². The van der Waals surface area contributed by atoms with Crippen LogP contribution in [0.15, 0.2) is 41.3 Å². The number of amides is 3. The molecule has 12 heteroatoms. The van der Waals surface area contributed by atoms with Gasteiger partial charge < -0.3 is 26.6 Å². The van der Waals surface area contributed by atoms with Gasteiger partial charge in [0.1, 0.15) is 5.82 Å². The third-order valence-electron chi connectivity index (χ3n) is 8.63. The van der Waals surface area contributed by atoms with E-state index in [0.717, 1.165) is 50.6 Å². The first-order valence-electron chi connectivity index (χ1n) is 13.8. The second-order valence-corrected chi connectivity index (χ2v) is 12.1. The molecule has 4 aliphatic rings. The number of urea groups is 1. The van der Waals surface area contributed by atoms with Gasteiger partial charge in [0.05, 0.1) is 11.2 Å². The van der Waals surface area contributed by atoms with E-state index in [2.05, 4.69) is 15.6 Å². The molecule has 1 saturated heterocycles. The predicted octanol–water partition coefficient (Wildman–Crippen LogP) is 1.96. The molecule has 2 bridgehead atoms. The summed E-state index contributed by atoms with van der Waals surface area (Å²) < 4.78 is 1.45. The monoisotopic (exact) mass is 572 g/mol. The third-order valence-corrected chi connectivity index (χ3v) is 8.63. The Morgan fingerprint density at radius 1 is 0.950 bits per heavy atom. The largest absolute Gasteiger partial charge is 0.354 e. The molecule has 0 unspecified atom stereocenters. The lowest BCUT2D eigenvalue weighted by Crippen LogP contribution is -2.60. The first-order valence-corrected chi connectivity index (χ1v) is 13.8. The topological polar surface area (TPSA) is 152 Å².